The summed E-state index contributed by atoms with van der Waals surface area (Å²) in [5, 5.41) is 2.57. The molecule has 1 unspecified atom stereocenters. The average Bonchev–Trinajstić information content (AvgIpc) is 4.15. The number of anilines is 3. The Morgan fingerprint density at radius 3 is 1.27 bits per heavy atom. The molecule has 0 aromatic heterocycles. The molecule has 0 amide bonds. The van der Waals surface area contributed by atoms with Gasteiger partial charge >= 0.3 is 0 Å². The van der Waals surface area contributed by atoms with Crippen molar-refractivity contribution in [2.24, 2.45) is 0 Å². The van der Waals surface area contributed by atoms with Gasteiger partial charge in [0.2, 0.25) is 0 Å². The van der Waals surface area contributed by atoms with Gasteiger partial charge in [-0.1, -0.05) is 220 Å². The van der Waals surface area contributed by atoms with Crippen LogP contribution in [0, 0.1) is 0 Å². The van der Waals surface area contributed by atoms with Gasteiger partial charge in [0, 0.05) is 22.4 Å². The zero-order valence-electron chi connectivity index (χ0n) is 39.0. The van der Waals surface area contributed by atoms with Crippen LogP contribution in [0.15, 0.2) is 237 Å². The highest BCUT2D eigenvalue weighted by molar-refractivity contribution is 6.08. The highest BCUT2D eigenvalue weighted by atomic mass is 15.1. The first-order chi connectivity index (χ1) is 34.5. The molecule has 11 aromatic rings. The largest absolute Gasteiger partial charge is 0.310 e. The van der Waals surface area contributed by atoms with Crippen LogP contribution in [-0.2, 0) is 16.2 Å². The molecule has 1 nitrogen and oxygen atoms in total. The molecular weight excluding hydrogens is 843 g/mol. The molecule has 0 N–H and O–H groups in total. The predicted molar refractivity (Wildman–Crippen MR) is 289 cm³/mol. The molecule has 0 bridgehead atoms. The van der Waals surface area contributed by atoms with Gasteiger partial charge in [-0.05, 0) is 147 Å². The van der Waals surface area contributed by atoms with E-state index in [-0.39, 0.29) is 5.41 Å². The Kier molecular flexibility index (Phi) is 7.35. The van der Waals surface area contributed by atoms with Gasteiger partial charge in [0.15, 0.2) is 0 Å². The molecule has 11 aromatic carbocycles. The van der Waals surface area contributed by atoms with Crippen molar-refractivity contribution in [3.63, 3.8) is 0 Å². The number of hydrogen-bond acceptors (Lipinski definition) is 1. The zero-order chi connectivity index (χ0) is 46.1. The Labute approximate surface area is 408 Å². The standard InChI is InChI=1S/C69H45N/c1-67(2)54-26-11-5-20-46(54)50-37-35-43(40-62(50)67)70(44-36-38-51-49-23-8-14-29-57(49)68(63(51)41-44)55-27-12-6-21-47(55)48-22-7-13-28-56(48)68)64-33-17-32-60-66(64)53-25-10-16-31-59(53)69(60)58-30-15-9-24-52(58)65-45-19-4-3-18-42(45)34-39-61(65)69/h3-41H,1-2H3. The van der Waals surface area contributed by atoms with Gasteiger partial charge in [0.05, 0.1) is 16.5 Å². The molecule has 70 heavy (non-hydrogen) atoms. The predicted octanol–water partition coefficient (Wildman–Crippen LogP) is 17.3. The lowest BCUT2D eigenvalue weighted by atomic mass is 9.70. The highest BCUT2D eigenvalue weighted by Gasteiger charge is 2.54. The second kappa shape index (κ2) is 13.4. The van der Waals surface area contributed by atoms with Gasteiger partial charge in [-0.25, -0.2) is 0 Å². The average molecular weight is 888 g/mol. The lowest BCUT2D eigenvalue weighted by molar-refractivity contribution is 0.660. The molecule has 5 aliphatic rings. The van der Waals surface area contributed by atoms with Crippen molar-refractivity contribution in [2.75, 3.05) is 4.90 Å². The molecule has 326 valence electrons. The maximum absolute atomic E-state index is 2.61. The SMILES string of the molecule is CC1(C)c2ccccc2-c2ccc(N(c3ccc4c(c3)C3(c5ccccc5-c5ccccc53)c3ccccc3-4)c3cccc4c3-c3ccccc3C43c4ccccc4-c4c3ccc3ccccc43)cc21. The maximum atomic E-state index is 2.61. The highest BCUT2D eigenvalue weighted by Crippen LogP contribution is 2.67. The van der Waals surface area contributed by atoms with E-state index in [0.717, 1.165) is 11.4 Å². The number of hydrogen-bond donors (Lipinski definition) is 0. The molecule has 1 heteroatoms. The summed E-state index contributed by atoms with van der Waals surface area (Å²) in [6.07, 6.45) is 0. The summed E-state index contributed by atoms with van der Waals surface area (Å²) >= 11 is 0. The fraction of sp³-hybridized carbons (Fsp3) is 0.0725. The monoisotopic (exact) mass is 887 g/mol. The smallest absolute Gasteiger partial charge is 0.0726 e. The first kappa shape index (κ1) is 38.4. The third-order valence-corrected chi connectivity index (χ3v) is 17.3. The number of rotatable bonds is 3. The van der Waals surface area contributed by atoms with Crippen molar-refractivity contribution in [3.05, 3.63) is 292 Å². The molecule has 1 atom stereocenters. The third kappa shape index (κ3) is 4.46. The number of benzene rings is 11. The van der Waals surface area contributed by atoms with Crippen LogP contribution in [0.1, 0.15) is 69.5 Å². The Bertz CT molecular complexity index is 4060. The van der Waals surface area contributed by atoms with Gasteiger partial charge in [-0.2, -0.15) is 0 Å². The van der Waals surface area contributed by atoms with E-state index in [1.54, 1.807) is 0 Å². The second-order valence-corrected chi connectivity index (χ2v) is 20.6. The van der Waals surface area contributed by atoms with Gasteiger partial charge in [0.1, 0.15) is 0 Å². The quantitative estimate of drug-likeness (QED) is 0.171. The summed E-state index contributed by atoms with van der Waals surface area (Å²) in [6.45, 7) is 4.80. The number of fused-ring (bicyclic) bond motifs is 25. The van der Waals surface area contributed by atoms with Crippen LogP contribution in [0.2, 0.25) is 0 Å². The van der Waals surface area contributed by atoms with Gasteiger partial charge in [-0.15, -0.1) is 0 Å². The van der Waals surface area contributed by atoms with Crippen LogP contribution in [0.25, 0.3) is 66.4 Å². The van der Waals surface area contributed by atoms with Gasteiger partial charge in [0.25, 0.3) is 0 Å². The molecule has 0 aliphatic heterocycles. The Morgan fingerprint density at radius 2 is 0.671 bits per heavy atom. The first-order valence-electron chi connectivity index (χ1n) is 24.8. The summed E-state index contributed by atoms with van der Waals surface area (Å²) in [4.78, 5) is 2.61. The lowest BCUT2D eigenvalue weighted by Crippen LogP contribution is -2.26. The van der Waals surface area contributed by atoms with Crippen LogP contribution in [0.5, 0.6) is 0 Å². The third-order valence-electron chi connectivity index (χ3n) is 17.3. The first-order valence-corrected chi connectivity index (χ1v) is 24.8. The van der Waals surface area contributed by atoms with E-state index in [4.69, 9.17) is 0 Å². The van der Waals surface area contributed by atoms with E-state index in [0.29, 0.717) is 0 Å². The topological polar surface area (TPSA) is 3.24 Å². The van der Waals surface area contributed by atoms with E-state index in [1.165, 1.54) is 128 Å². The fourth-order valence-corrected chi connectivity index (χ4v) is 14.6. The van der Waals surface area contributed by atoms with Crippen LogP contribution in [0.4, 0.5) is 17.1 Å². The Hall–Kier alpha value is -8.52. The minimum absolute atomic E-state index is 0.177. The molecular formula is C69H45N. The molecule has 0 radical (unpaired) electrons. The van der Waals surface area contributed by atoms with Crippen molar-refractivity contribution in [1.29, 1.82) is 0 Å². The molecule has 0 saturated carbocycles. The summed E-state index contributed by atoms with van der Waals surface area (Å²) in [7, 11) is 0. The molecule has 0 heterocycles. The van der Waals surface area contributed by atoms with Crippen molar-refractivity contribution in [1.82, 2.24) is 0 Å². The van der Waals surface area contributed by atoms with Crippen LogP contribution < -0.4 is 4.90 Å². The van der Waals surface area contributed by atoms with Gasteiger partial charge < -0.3 is 4.90 Å². The van der Waals surface area contributed by atoms with Crippen molar-refractivity contribution >= 4 is 27.8 Å². The van der Waals surface area contributed by atoms with Crippen LogP contribution in [0.3, 0.4) is 0 Å². The van der Waals surface area contributed by atoms with Crippen molar-refractivity contribution in [2.45, 2.75) is 30.1 Å². The Morgan fingerprint density at radius 1 is 0.271 bits per heavy atom. The van der Waals surface area contributed by atoms with E-state index in [2.05, 4.69) is 255 Å². The van der Waals surface area contributed by atoms with E-state index >= 15 is 0 Å². The summed E-state index contributed by atoms with van der Waals surface area (Å²) < 4.78 is 0. The molecule has 16 rings (SSSR count). The molecule has 0 saturated heterocycles. The second-order valence-electron chi connectivity index (χ2n) is 20.6. The Balaban J connectivity index is 1.00. The number of nitrogens with zero attached hydrogens (tertiary/aromatic N) is 1. The van der Waals surface area contributed by atoms with Gasteiger partial charge in [-0.3, -0.25) is 0 Å². The summed E-state index contributed by atoms with van der Waals surface area (Å²) in [5.74, 6) is 0. The van der Waals surface area contributed by atoms with E-state index < -0.39 is 10.8 Å². The molecule has 0 fully saturated rings. The minimum Gasteiger partial charge on any atom is -0.310 e. The molecule has 5 aliphatic carbocycles. The van der Waals surface area contributed by atoms with Crippen molar-refractivity contribution < 1.29 is 0 Å². The van der Waals surface area contributed by atoms with Crippen LogP contribution in [-0.4, -0.2) is 0 Å². The zero-order valence-corrected chi connectivity index (χ0v) is 39.0. The van der Waals surface area contributed by atoms with Crippen LogP contribution >= 0.6 is 0 Å². The summed E-state index contributed by atoms with van der Waals surface area (Å²) in [6, 6.07) is 90.5. The lowest BCUT2D eigenvalue weighted by Gasteiger charge is -2.34. The minimum atomic E-state index is -0.508. The van der Waals surface area contributed by atoms with E-state index in [1.807, 2.05) is 0 Å². The van der Waals surface area contributed by atoms with E-state index in [9.17, 15) is 0 Å². The fourth-order valence-electron chi connectivity index (χ4n) is 14.6. The maximum Gasteiger partial charge on any atom is 0.0726 e. The summed E-state index contributed by atoms with van der Waals surface area (Å²) in [5.41, 5.74) is 28.9. The van der Waals surface area contributed by atoms with Crippen molar-refractivity contribution in [3.8, 4) is 55.6 Å². The normalized spacial score (nSPS) is 16.7. The molecule has 2 spiro atoms.